The fourth-order valence-electron chi connectivity index (χ4n) is 1.49. The van der Waals surface area contributed by atoms with Crippen molar-refractivity contribution in [2.75, 3.05) is 20.2 Å². The van der Waals surface area contributed by atoms with E-state index >= 15 is 0 Å². The van der Waals surface area contributed by atoms with Gasteiger partial charge in [-0.3, -0.25) is 19.4 Å². The quantitative estimate of drug-likeness (QED) is 0.672. The number of aromatic amines is 2. The molecule has 0 aliphatic rings. The van der Waals surface area contributed by atoms with Gasteiger partial charge in [0.05, 0.1) is 13.5 Å². The molecule has 0 saturated heterocycles. The Morgan fingerprint density at radius 1 is 1.32 bits per heavy atom. The third kappa shape index (κ3) is 4.09. The van der Waals surface area contributed by atoms with E-state index in [0.29, 0.717) is 6.54 Å². The minimum Gasteiger partial charge on any atom is -0.469 e. The van der Waals surface area contributed by atoms with Crippen LogP contribution in [0.25, 0.3) is 0 Å². The van der Waals surface area contributed by atoms with Gasteiger partial charge in [0.15, 0.2) is 0 Å². The van der Waals surface area contributed by atoms with Crippen LogP contribution in [0.5, 0.6) is 0 Å². The number of rotatable bonds is 5. The van der Waals surface area contributed by atoms with Crippen molar-refractivity contribution < 1.29 is 14.3 Å². The minimum atomic E-state index is -0.750. The number of methoxy groups -OCH3 is 1. The van der Waals surface area contributed by atoms with Gasteiger partial charge in [0.2, 0.25) is 0 Å². The normalized spacial score (nSPS) is 10.0. The maximum atomic E-state index is 12.0. The lowest BCUT2D eigenvalue weighted by Gasteiger charge is -2.19. The molecule has 1 rings (SSSR count). The third-order valence-corrected chi connectivity index (χ3v) is 2.47. The molecule has 1 aromatic heterocycles. The second-order valence-corrected chi connectivity index (χ2v) is 3.71. The number of carbonyl (C=O) groups is 2. The molecule has 104 valence electrons. The molecule has 0 aliphatic carbocycles. The largest absolute Gasteiger partial charge is 0.469 e. The van der Waals surface area contributed by atoms with Gasteiger partial charge in [-0.15, -0.1) is 0 Å². The fourth-order valence-corrected chi connectivity index (χ4v) is 1.49. The summed E-state index contributed by atoms with van der Waals surface area (Å²) in [4.78, 5) is 50.8. The second kappa shape index (κ2) is 6.53. The number of hydrogen-bond acceptors (Lipinski definition) is 5. The lowest BCUT2D eigenvalue weighted by atomic mass is 10.3. The summed E-state index contributed by atoms with van der Waals surface area (Å²) >= 11 is 0. The van der Waals surface area contributed by atoms with Crippen molar-refractivity contribution in [3.8, 4) is 0 Å². The zero-order valence-corrected chi connectivity index (χ0v) is 10.7. The standard InChI is InChI=1S/C11H15N3O5/c1-3-14(5-4-9(16)19-2)10(17)7-6-8(15)13-11(18)12-7/h6H,3-5H2,1-2H3,(H2,12,13,15,18). The topological polar surface area (TPSA) is 112 Å². The van der Waals surface area contributed by atoms with Crippen LogP contribution in [-0.2, 0) is 9.53 Å². The maximum absolute atomic E-state index is 12.0. The number of carbonyl (C=O) groups excluding carboxylic acids is 2. The number of aromatic nitrogens is 2. The van der Waals surface area contributed by atoms with Crippen molar-refractivity contribution in [3.63, 3.8) is 0 Å². The summed E-state index contributed by atoms with van der Waals surface area (Å²) in [5.41, 5.74) is -1.52. The van der Waals surface area contributed by atoms with Gasteiger partial charge in [-0.25, -0.2) is 4.79 Å². The second-order valence-electron chi connectivity index (χ2n) is 3.71. The molecular formula is C11H15N3O5. The van der Waals surface area contributed by atoms with Crippen molar-refractivity contribution in [1.82, 2.24) is 14.9 Å². The molecule has 0 spiro atoms. The average molecular weight is 269 g/mol. The summed E-state index contributed by atoms with van der Waals surface area (Å²) in [5.74, 6) is -0.958. The highest BCUT2D eigenvalue weighted by atomic mass is 16.5. The van der Waals surface area contributed by atoms with Crippen molar-refractivity contribution in [2.45, 2.75) is 13.3 Å². The molecule has 2 N–H and O–H groups in total. The van der Waals surface area contributed by atoms with Gasteiger partial charge < -0.3 is 14.6 Å². The molecule has 0 atom stereocenters. The molecule has 0 fully saturated rings. The first-order valence-corrected chi connectivity index (χ1v) is 5.67. The van der Waals surface area contributed by atoms with E-state index in [0.717, 1.165) is 6.07 Å². The van der Waals surface area contributed by atoms with E-state index in [9.17, 15) is 19.2 Å². The number of nitrogens with one attached hydrogen (secondary N) is 2. The summed E-state index contributed by atoms with van der Waals surface area (Å²) in [5, 5.41) is 0. The third-order valence-electron chi connectivity index (χ3n) is 2.47. The van der Waals surface area contributed by atoms with E-state index in [4.69, 9.17) is 0 Å². The van der Waals surface area contributed by atoms with Crippen LogP contribution < -0.4 is 11.2 Å². The van der Waals surface area contributed by atoms with Crippen LogP contribution in [0.15, 0.2) is 15.7 Å². The molecule has 19 heavy (non-hydrogen) atoms. The Balaban J connectivity index is 2.86. The zero-order chi connectivity index (χ0) is 14.4. The monoisotopic (exact) mass is 269 g/mol. The smallest absolute Gasteiger partial charge is 0.326 e. The Kier molecular flexibility index (Phi) is 5.04. The molecule has 8 nitrogen and oxygen atoms in total. The molecule has 1 aromatic rings. The molecule has 0 saturated carbocycles. The van der Waals surface area contributed by atoms with Crippen molar-refractivity contribution in [1.29, 1.82) is 0 Å². The lowest BCUT2D eigenvalue weighted by Crippen LogP contribution is -2.36. The molecule has 8 heteroatoms. The van der Waals surface area contributed by atoms with E-state index in [1.165, 1.54) is 12.0 Å². The molecule has 0 bridgehead atoms. The van der Waals surface area contributed by atoms with Gasteiger partial charge in [-0.1, -0.05) is 0 Å². The zero-order valence-electron chi connectivity index (χ0n) is 10.7. The molecular weight excluding hydrogens is 254 g/mol. The fraction of sp³-hybridized carbons (Fsp3) is 0.455. The number of nitrogens with zero attached hydrogens (tertiary/aromatic N) is 1. The summed E-state index contributed by atoms with van der Waals surface area (Å²) in [6.07, 6.45) is 0.0451. The SMILES string of the molecule is CCN(CCC(=O)OC)C(=O)c1cc(=O)[nH]c(=O)[nH]1. The average Bonchev–Trinajstić information content (AvgIpc) is 2.37. The molecule has 0 unspecified atom stereocenters. The van der Waals surface area contributed by atoms with E-state index in [-0.39, 0.29) is 18.7 Å². The first-order chi connectivity index (χ1) is 8.97. The van der Waals surface area contributed by atoms with Crippen LogP contribution in [0.4, 0.5) is 0 Å². The minimum absolute atomic E-state index is 0.0451. The van der Waals surface area contributed by atoms with Crippen LogP contribution in [0.3, 0.4) is 0 Å². The van der Waals surface area contributed by atoms with E-state index in [2.05, 4.69) is 9.72 Å². The number of ether oxygens (including phenoxy) is 1. The van der Waals surface area contributed by atoms with Crippen LogP contribution in [-0.4, -0.2) is 46.9 Å². The number of esters is 1. The molecule has 0 aromatic carbocycles. The highest BCUT2D eigenvalue weighted by Gasteiger charge is 2.17. The summed E-state index contributed by atoms with van der Waals surface area (Å²) < 4.78 is 4.48. The predicted octanol–water partition coefficient (Wildman–Crippen LogP) is -0.912. The molecule has 1 amide bonds. The van der Waals surface area contributed by atoms with Crippen LogP contribution in [0.2, 0.25) is 0 Å². The van der Waals surface area contributed by atoms with Gasteiger partial charge >= 0.3 is 11.7 Å². The van der Waals surface area contributed by atoms with E-state index < -0.39 is 23.1 Å². The summed E-state index contributed by atoms with van der Waals surface area (Å²) in [6.45, 7) is 2.21. The number of H-pyrrole nitrogens is 2. The van der Waals surface area contributed by atoms with Crippen LogP contribution >= 0.6 is 0 Å². The van der Waals surface area contributed by atoms with Crippen molar-refractivity contribution >= 4 is 11.9 Å². The predicted molar refractivity (Wildman–Crippen MR) is 65.9 cm³/mol. The van der Waals surface area contributed by atoms with Gasteiger partial charge in [0, 0.05) is 19.2 Å². The summed E-state index contributed by atoms with van der Waals surface area (Å²) in [6, 6.07) is 1.00. The van der Waals surface area contributed by atoms with Gasteiger partial charge in [-0.05, 0) is 6.92 Å². The van der Waals surface area contributed by atoms with Gasteiger partial charge in [0.1, 0.15) is 5.69 Å². The Labute approximate surface area is 108 Å². The molecule has 0 radical (unpaired) electrons. The Morgan fingerprint density at radius 2 is 2.00 bits per heavy atom. The Hall–Kier alpha value is -2.38. The Bertz CT molecular complexity index is 546. The summed E-state index contributed by atoms with van der Waals surface area (Å²) in [7, 11) is 1.26. The van der Waals surface area contributed by atoms with E-state index in [1.807, 2.05) is 4.98 Å². The van der Waals surface area contributed by atoms with Gasteiger partial charge in [0.25, 0.3) is 11.5 Å². The number of hydrogen-bond donors (Lipinski definition) is 2. The van der Waals surface area contributed by atoms with Crippen molar-refractivity contribution in [2.24, 2.45) is 0 Å². The Morgan fingerprint density at radius 3 is 2.53 bits per heavy atom. The van der Waals surface area contributed by atoms with Gasteiger partial charge in [-0.2, -0.15) is 0 Å². The van der Waals surface area contributed by atoms with E-state index in [1.54, 1.807) is 6.92 Å². The van der Waals surface area contributed by atoms with Crippen molar-refractivity contribution in [3.05, 3.63) is 32.6 Å². The first kappa shape index (κ1) is 14.7. The lowest BCUT2D eigenvalue weighted by molar-refractivity contribution is -0.140. The number of amides is 1. The maximum Gasteiger partial charge on any atom is 0.326 e. The highest BCUT2D eigenvalue weighted by Crippen LogP contribution is 2.00. The molecule has 1 heterocycles. The molecule has 0 aliphatic heterocycles. The van der Waals surface area contributed by atoms with Crippen LogP contribution in [0, 0.1) is 0 Å². The first-order valence-electron chi connectivity index (χ1n) is 5.67. The highest BCUT2D eigenvalue weighted by molar-refractivity contribution is 5.92. The van der Waals surface area contributed by atoms with Crippen LogP contribution in [0.1, 0.15) is 23.8 Å².